The molecule has 2 aromatic rings. The van der Waals surface area contributed by atoms with Gasteiger partial charge in [-0.2, -0.15) is 0 Å². The van der Waals surface area contributed by atoms with Gasteiger partial charge in [-0.05, 0) is 36.4 Å². The molecular weight excluding hydrogens is 380 g/mol. The summed E-state index contributed by atoms with van der Waals surface area (Å²) in [5.74, 6) is -2.84. The molecule has 116 valence electrons. The van der Waals surface area contributed by atoms with Gasteiger partial charge >= 0.3 is 11.9 Å². The molecule has 0 amide bonds. The van der Waals surface area contributed by atoms with Crippen molar-refractivity contribution in [1.82, 2.24) is 0 Å². The fourth-order valence-electron chi connectivity index (χ4n) is 1.37. The van der Waals surface area contributed by atoms with Crippen molar-refractivity contribution in [2.75, 3.05) is 0 Å². The van der Waals surface area contributed by atoms with E-state index in [0.29, 0.717) is 9.50 Å². The van der Waals surface area contributed by atoms with E-state index >= 15 is 0 Å². The van der Waals surface area contributed by atoms with Crippen LogP contribution in [0.4, 0.5) is 0 Å². The van der Waals surface area contributed by atoms with Gasteiger partial charge in [-0.25, -0.2) is 9.59 Å². The second-order valence-electron chi connectivity index (χ2n) is 3.93. The van der Waals surface area contributed by atoms with Crippen LogP contribution in [0.1, 0.15) is 20.7 Å². The van der Waals surface area contributed by atoms with E-state index in [1.165, 1.54) is 30.3 Å². The molecule has 0 aliphatic rings. The van der Waals surface area contributed by atoms with Gasteiger partial charge in [-0.15, -0.1) is 0 Å². The fraction of sp³-hybridized carbons (Fsp3) is 0. The third-order valence-electron chi connectivity index (χ3n) is 2.38. The predicted octanol–water partition coefficient (Wildman–Crippen LogP) is 3.60. The Hall–Kier alpha value is -2.25. The largest absolute Gasteiger partial charge is 0.507 e. The molecule has 0 spiro atoms. The van der Waals surface area contributed by atoms with Crippen LogP contribution in [-0.4, -0.2) is 32.4 Å². The normalized spacial score (nSPS) is 9.55. The lowest BCUT2D eigenvalue weighted by Gasteiger charge is -1.97. The number of hydrogen-bond acceptors (Lipinski definition) is 4. The summed E-state index contributed by atoms with van der Waals surface area (Å²) in [7, 11) is 0. The van der Waals surface area contributed by atoms with Crippen LogP contribution in [0.2, 0.25) is 5.02 Å². The second kappa shape index (κ2) is 7.67. The highest BCUT2D eigenvalue weighted by Gasteiger charge is 2.08. The maximum absolute atomic E-state index is 10.4. The summed E-state index contributed by atoms with van der Waals surface area (Å²) in [6, 6.07) is 8.07. The third-order valence-corrected chi connectivity index (χ3v) is 3.11. The molecule has 4 N–H and O–H groups in total. The van der Waals surface area contributed by atoms with Crippen LogP contribution in [-0.2, 0) is 0 Å². The van der Waals surface area contributed by atoms with Crippen LogP contribution in [0, 0.1) is 0 Å². The molecule has 0 aliphatic heterocycles. The molecule has 6 nitrogen and oxygen atoms in total. The molecule has 2 rings (SSSR count). The average Bonchev–Trinajstić information content (AvgIpc) is 2.38. The minimum atomic E-state index is -1.17. The highest BCUT2D eigenvalue weighted by molar-refractivity contribution is 9.10. The zero-order valence-electron chi connectivity index (χ0n) is 10.8. The molecule has 0 atom stereocenters. The molecule has 0 saturated heterocycles. The number of carbonyl (C=O) groups is 2. The van der Waals surface area contributed by atoms with Crippen LogP contribution < -0.4 is 0 Å². The average molecular weight is 390 g/mol. The van der Waals surface area contributed by atoms with Gasteiger partial charge in [0.15, 0.2) is 0 Å². The van der Waals surface area contributed by atoms with Crippen molar-refractivity contribution >= 4 is 39.5 Å². The Morgan fingerprint density at radius 3 is 1.73 bits per heavy atom. The monoisotopic (exact) mass is 388 g/mol. The topological polar surface area (TPSA) is 115 Å². The molecule has 22 heavy (non-hydrogen) atoms. The fourth-order valence-corrected chi connectivity index (χ4v) is 1.89. The van der Waals surface area contributed by atoms with Crippen molar-refractivity contribution < 1.29 is 30.0 Å². The van der Waals surface area contributed by atoms with Crippen molar-refractivity contribution in [1.29, 1.82) is 0 Å². The standard InChI is InChI=1S/C7H5BrO3.C7H5ClO3/c2*8-4-1-2-5(7(10)11)6(9)3-4/h2*1-3,9H,(H,10,11). The first-order chi connectivity index (χ1) is 10.2. The summed E-state index contributed by atoms with van der Waals surface area (Å²) >= 11 is 8.56. The van der Waals surface area contributed by atoms with E-state index in [-0.39, 0.29) is 22.6 Å². The molecule has 0 unspecified atom stereocenters. The van der Waals surface area contributed by atoms with Gasteiger partial charge in [-0.1, -0.05) is 27.5 Å². The number of benzene rings is 2. The number of halogens is 2. The number of aromatic carboxylic acids is 2. The Labute approximate surface area is 138 Å². The van der Waals surface area contributed by atoms with E-state index < -0.39 is 11.9 Å². The summed E-state index contributed by atoms with van der Waals surface area (Å²) in [5.41, 5.74) is -0.234. The van der Waals surface area contributed by atoms with Crippen LogP contribution >= 0.6 is 27.5 Å². The zero-order valence-corrected chi connectivity index (χ0v) is 13.2. The highest BCUT2D eigenvalue weighted by Crippen LogP contribution is 2.22. The van der Waals surface area contributed by atoms with E-state index in [4.69, 9.17) is 32.0 Å². The lowest BCUT2D eigenvalue weighted by molar-refractivity contribution is 0.0682. The summed E-state index contributed by atoms with van der Waals surface area (Å²) < 4.78 is 0.653. The smallest absolute Gasteiger partial charge is 0.339 e. The number of carboxylic acid groups (broad SMARTS) is 2. The Balaban J connectivity index is 0.000000220. The van der Waals surface area contributed by atoms with E-state index in [0.717, 1.165) is 0 Å². The van der Waals surface area contributed by atoms with Gasteiger partial charge in [0.1, 0.15) is 22.6 Å². The third kappa shape index (κ3) is 4.94. The Bertz CT molecular complexity index is 655. The van der Waals surface area contributed by atoms with Crippen molar-refractivity contribution in [2.24, 2.45) is 0 Å². The molecule has 0 aromatic heterocycles. The quantitative estimate of drug-likeness (QED) is 0.624. The van der Waals surface area contributed by atoms with Gasteiger partial charge in [0, 0.05) is 9.50 Å². The number of phenols is 2. The summed E-state index contributed by atoms with van der Waals surface area (Å²) in [6.45, 7) is 0. The summed E-state index contributed by atoms with van der Waals surface area (Å²) in [4.78, 5) is 20.7. The second-order valence-corrected chi connectivity index (χ2v) is 5.29. The van der Waals surface area contributed by atoms with Crippen LogP contribution in [0.25, 0.3) is 0 Å². The molecule has 0 bridgehead atoms. The number of hydrogen-bond donors (Lipinski definition) is 4. The molecule has 8 heteroatoms. The van der Waals surface area contributed by atoms with E-state index in [1.54, 1.807) is 6.07 Å². The van der Waals surface area contributed by atoms with E-state index in [1.807, 2.05) is 0 Å². The Kier molecular flexibility index (Phi) is 6.21. The van der Waals surface area contributed by atoms with E-state index in [2.05, 4.69) is 15.9 Å². The molecule has 2 aromatic carbocycles. The molecule has 0 aliphatic carbocycles. The minimum Gasteiger partial charge on any atom is -0.507 e. The molecule has 0 heterocycles. The first-order valence-corrected chi connectivity index (χ1v) is 6.83. The van der Waals surface area contributed by atoms with Crippen molar-refractivity contribution in [3.05, 3.63) is 57.0 Å². The van der Waals surface area contributed by atoms with E-state index in [9.17, 15) is 9.59 Å². The molecule has 0 saturated carbocycles. The van der Waals surface area contributed by atoms with Gasteiger partial charge in [0.05, 0.1) is 0 Å². The lowest BCUT2D eigenvalue weighted by atomic mass is 10.2. The Morgan fingerprint density at radius 1 is 0.864 bits per heavy atom. The first-order valence-electron chi connectivity index (χ1n) is 5.66. The Morgan fingerprint density at radius 2 is 1.32 bits per heavy atom. The summed E-state index contributed by atoms with van der Waals surface area (Å²) in [6.07, 6.45) is 0. The van der Waals surface area contributed by atoms with Crippen LogP contribution in [0.5, 0.6) is 11.5 Å². The van der Waals surface area contributed by atoms with Gasteiger partial charge in [-0.3, -0.25) is 0 Å². The van der Waals surface area contributed by atoms with Gasteiger partial charge < -0.3 is 20.4 Å². The minimum absolute atomic E-state index is 0.0896. The number of carboxylic acids is 2. The SMILES string of the molecule is O=C(O)c1ccc(Br)cc1O.O=C(O)c1ccc(Cl)cc1O. The zero-order chi connectivity index (χ0) is 16.9. The lowest BCUT2D eigenvalue weighted by Crippen LogP contribution is -1.95. The molecular formula is C14H10BrClO6. The number of rotatable bonds is 2. The van der Waals surface area contributed by atoms with Crippen LogP contribution in [0.15, 0.2) is 40.9 Å². The van der Waals surface area contributed by atoms with Crippen molar-refractivity contribution in [2.45, 2.75) is 0 Å². The maximum Gasteiger partial charge on any atom is 0.339 e. The number of aromatic hydroxyl groups is 2. The predicted molar refractivity (Wildman–Crippen MR) is 82.8 cm³/mol. The van der Waals surface area contributed by atoms with Gasteiger partial charge in [0.2, 0.25) is 0 Å². The maximum atomic E-state index is 10.4. The highest BCUT2D eigenvalue weighted by atomic mass is 79.9. The van der Waals surface area contributed by atoms with Gasteiger partial charge in [0.25, 0.3) is 0 Å². The molecule has 0 radical (unpaired) electrons. The molecule has 0 fully saturated rings. The van der Waals surface area contributed by atoms with Crippen LogP contribution in [0.3, 0.4) is 0 Å². The van der Waals surface area contributed by atoms with Crippen molar-refractivity contribution in [3.63, 3.8) is 0 Å². The van der Waals surface area contributed by atoms with Crippen molar-refractivity contribution in [3.8, 4) is 11.5 Å². The first kappa shape index (κ1) is 17.8. The summed E-state index contributed by atoms with van der Waals surface area (Å²) in [5, 5.41) is 35.3.